The third kappa shape index (κ3) is 5.55. The molecule has 180 valence electrons. The molecule has 1 saturated heterocycles. The number of morpholine rings is 1. The van der Waals surface area contributed by atoms with Gasteiger partial charge < -0.3 is 9.64 Å². The van der Waals surface area contributed by atoms with Gasteiger partial charge in [0.2, 0.25) is 0 Å². The van der Waals surface area contributed by atoms with Crippen molar-refractivity contribution in [2.45, 2.75) is 61.8 Å². The molecule has 0 amide bonds. The first-order valence-electron chi connectivity index (χ1n) is 11.3. The molecule has 4 rings (SSSR count). The number of aromatic nitrogens is 2. The molecule has 1 aliphatic heterocycles. The highest BCUT2D eigenvalue weighted by Gasteiger charge is 2.34. The minimum atomic E-state index is -4.49. The summed E-state index contributed by atoms with van der Waals surface area (Å²) in [5.74, 6) is 0.896. The largest absolute Gasteiger partial charge is 0.417 e. The van der Waals surface area contributed by atoms with Crippen LogP contribution in [0.25, 0.3) is 11.3 Å². The SMILES string of the molecule is CC(C)c1ccccc1Sc1ccc(-c2cc(N3C[C@@H](C)O[C@@H](C)C3)ncn2)cc1C(F)(F)F. The molecular formula is C26H28F3N3OS. The Hall–Kier alpha value is -2.58. The Morgan fingerprint density at radius 2 is 1.68 bits per heavy atom. The van der Waals surface area contributed by atoms with E-state index in [0.717, 1.165) is 22.2 Å². The third-order valence-corrected chi connectivity index (χ3v) is 6.91. The van der Waals surface area contributed by atoms with Crippen molar-refractivity contribution in [1.82, 2.24) is 9.97 Å². The number of anilines is 1. The average molecular weight is 488 g/mol. The molecule has 1 fully saturated rings. The Morgan fingerprint density at radius 1 is 0.971 bits per heavy atom. The van der Waals surface area contributed by atoms with E-state index in [1.54, 1.807) is 18.2 Å². The first kappa shape index (κ1) is 24.5. The number of benzene rings is 2. The lowest BCUT2D eigenvalue weighted by atomic mass is 10.0. The topological polar surface area (TPSA) is 38.2 Å². The van der Waals surface area contributed by atoms with Gasteiger partial charge in [-0.05, 0) is 43.5 Å². The van der Waals surface area contributed by atoms with Gasteiger partial charge in [0.1, 0.15) is 12.1 Å². The van der Waals surface area contributed by atoms with Crippen LogP contribution in [0.4, 0.5) is 19.0 Å². The summed E-state index contributed by atoms with van der Waals surface area (Å²) >= 11 is 1.15. The van der Waals surface area contributed by atoms with Crippen LogP contribution in [0.2, 0.25) is 0 Å². The first-order chi connectivity index (χ1) is 16.1. The molecular weight excluding hydrogens is 459 g/mol. The number of alkyl halides is 3. The second kappa shape index (κ2) is 9.96. The number of ether oxygens (including phenoxy) is 1. The molecule has 1 aromatic heterocycles. The number of nitrogens with zero attached hydrogens (tertiary/aromatic N) is 3. The van der Waals surface area contributed by atoms with E-state index in [0.29, 0.717) is 30.2 Å². The van der Waals surface area contributed by atoms with Crippen LogP contribution in [0.3, 0.4) is 0 Å². The van der Waals surface area contributed by atoms with Gasteiger partial charge in [0.25, 0.3) is 0 Å². The summed E-state index contributed by atoms with van der Waals surface area (Å²) in [6, 6.07) is 13.8. The molecule has 1 aliphatic rings. The van der Waals surface area contributed by atoms with Crippen LogP contribution in [0.15, 0.2) is 64.6 Å². The number of hydrogen-bond donors (Lipinski definition) is 0. The smallest absolute Gasteiger partial charge is 0.372 e. The Morgan fingerprint density at radius 3 is 2.35 bits per heavy atom. The van der Waals surface area contributed by atoms with Crippen LogP contribution in [0.1, 0.15) is 44.7 Å². The van der Waals surface area contributed by atoms with Gasteiger partial charge in [-0.3, -0.25) is 0 Å². The highest BCUT2D eigenvalue weighted by molar-refractivity contribution is 7.99. The predicted molar refractivity (Wildman–Crippen MR) is 129 cm³/mol. The maximum absolute atomic E-state index is 14.1. The van der Waals surface area contributed by atoms with E-state index in [1.807, 2.05) is 52.0 Å². The second-order valence-electron chi connectivity index (χ2n) is 8.93. The second-order valence-corrected chi connectivity index (χ2v) is 10.0. The maximum Gasteiger partial charge on any atom is 0.417 e. The molecule has 34 heavy (non-hydrogen) atoms. The van der Waals surface area contributed by atoms with E-state index in [9.17, 15) is 13.2 Å². The Balaban J connectivity index is 1.69. The lowest BCUT2D eigenvalue weighted by Crippen LogP contribution is -2.45. The van der Waals surface area contributed by atoms with E-state index in [4.69, 9.17) is 4.74 Å². The van der Waals surface area contributed by atoms with Gasteiger partial charge in [-0.25, -0.2) is 9.97 Å². The van der Waals surface area contributed by atoms with Crippen LogP contribution in [-0.2, 0) is 10.9 Å². The zero-order chi connectivity index (χ0) is 24.5. The Labute approximate surface area is 202 Å². The van der Waals surface area contributed by atoms with E-state index in [2.05, 4.69) is 14.9 Å². The molecule has 2 heterocycles. The van der Waals surface area contributed by atoms with Crippen LogP contribution < -0.4 is 4.90 Å². The molecule has 2 atom stereocenters. The lowest BCUT2D eigenvalue weighted by Gasteiger charge is -2.36. The molecule has 0 aliphatic carbocycles. The van der Waals surface area contributed by atoms with Gasteiger partial charge in [0.15, 0.2) is 0 Å². The van der Waals surface area contributed by atoms with Crippen molar-refractivity contribution in [2.75, 3.05) is 18.0 Å². The highest BCUT2D eigenvalue weighted by atomic mass is 32.2. The monoisotopic (exact) mass is 487 g/mol. The van der Waals surface area contributed by atoms with Crippen molar-refractivity contribution in [2.24, 2.45) is 0 Å². The summed E-state index contributed by atoms with van der Waals surface area (Å²) in [6.07, 6.45) is -2.99. The van der Waals surface area contributed by atoms with Gasteiger partial charge in [-0.1, -0.05) is 49.9 Å². The Kier molecular flexibility index (Phi) is 7.19. The number of hydrogen-bond acceptors (Lipinski definition) is 5. The van der Waals surface area contributed by atoms with Crippen molar-refractivity contribution in [3.8, 4) is 11.3 Å². The van der Waals surface area contributed by atoms with Gasteiger partial charge in [-0.2, -0.15) is 13.2 Å². The summed E-state index contributed by atoms with van der Waals surface area (Å²) in [6.45, 7) is 9.40. The molecule has 0 radical (unpaired) electrons. The van der Waals surface area contributed by atoms with Crippen molar-refractivity contribution in [3.63, 3.8) is 0 Å². The molecule has 0 saturated carbocycles. The Bertz CT molecular complexity index is 1140. The van der Waals surface area contributed by atoms with Crippen molar-refractivity contribution >= 4 is 17.6 Å². The van der Waals surface area contributed by atoms with Gasteiger partial charge in [0.05, 0.1) is 23.5 Å². The molecule has 0 spiro atoms. The predicted octanol–water partition coefficient (Wildman–Crippen LogP) is 7.05. The first-order valence-corrected chi connectivity index (χ1v) is 12.1. The average Bonchev–Trinajstić information content (AvgIpc) is 2.78. The minimum absolute atomic E-state index is 0.0454. The van der Waals surface area contributed by atoms with Crippen LogP contribution in [0.5, 0.6) is 0 Å². The summed E-state index contributed by atoms with van der Waals surface area (Å²) in [5.41, 5.74) is 1.23. The summed E-state index contributed by atoms with van der Waals surface area (Å²) in [4.78, 5) is 11.7. The normalized spacial score (nSPS) is 19.0. The summed E-state index contributed by atoms with van der Waals surface area (Å²) < 4.78 is 48.1. The van der Waals surface area contributed by atoms with E-state index >= 15 is 0 Å². The fourth-order valence-electron chi connectivity index (χ4n) is 4.21. The maximum atomic E-state index is 14.1. The fourth-order valence-corrected chi connectivity index (χ4v) is 5.44. The van der Waals surface area contributed by atoms with E-state index < -0.39 is 11.7 Å². The summed E-state index contributed by atoms with van der Waals surface area (Å²) in [7, 11) is 0. The summed E-state index contributed by atoms with van der Waals surface area (Å²) in [5, 5.41) is 0. The molecule has 0 unspecified atom stereocenters. The minimum Gasteiger partial charge on any atom is -0.372 e. The van der Waals surface area contributed by atoms with Gasteiger partial charge in [-0.15, -0.1) is 0 Å². The van der Waals surface area contributed by atoms with Crippen LogP contribution in [0, 0.1) is 0 Å². The van der Waals surface area contributed by atoms with Crippen LogP contribution >= 0.6 is 11.8 Å². The van der Waals surface area contributed by atoms with E-state index in [1.165, 1.54) is 12.4 Å². The molecule has 3 aromatic rings. The number of rotatable bonds is 5. The molecule has 0 N–H and O–H groups in total. The number of halogens is 3. The third-order valence-electron chi connectivity index (χ3n) is 5.74. The zero-order valence-electron chi connectivity index (χ0n) is 19.6. The molecule has 4 nitrogen and oxygen atoms in total. The van der Waals surface area contributed by atoms with Crippen LogP contribution in [-0.4, -0.2) is 35.3 Å². The fraction of sp³-hybridized carbons (Fsp3) is 0.385. The lowest BCUT2D eigenvalue weighted by molar-refractivity contribution is -0.139. The van der Waals surface area contributed by atoms with E-state index in [-0.39, 0.29) is 23.0 Å². The van der Waals surface area contributed by atoms with Gasteiger partial charge in [0, 0.05) is 34.5 Å². The highest BCUT2D eigenvalue weighted by Crippen LogP contribution is 2.43. The van der Waals surface area contributed by atoms with Crippen molar-refractivity contribution in [3.05, 3.63) is 66.0 Å². The van der Waals surface area contributed by atoms with Crippen molar-refractivity contribution < 1.29 is 17.9 Å². The molecule has 8 heteroatoms. The van der Waals surface area contributed by atoms with Gasteiger partial charge >= 0.3 is 6.18 Å². The quantitative estimate of drug-likeness (QED) is 0.386. The zero-order valence-corrected chi connectivity index (χ0v) is 20.5. The molecule has 2 aromatic carbocycles. The molecule has 0 bridgehead atoms. The van der Waals surface area contributed by atoms with Crippen molar-refractivity contribution in [1.29, 1.82) is 0 Å². The standard InChI is InChI=1S/C26H28F3N3OS/c1-16(2)20-7-5-6-8-23(20)34-24-10-9-19(11-21(24)26(27,28)29)22-12-25(31-15-30-22)32-13-17(3)33-18(4)14-32/h5-12,15-18H,13-14H2,1-4H3/t17-,18+.